The van der Waals surface area contributed by atoms with Gasteiger partial charge in [0, 0.05) is 34.8 Å². The molecular weight excluding hydrogens is 402 g/mol. The molecule has 2 aromatic carbocycles. The highest BCUT2D eigenvalue weighted by atomic mass is 79.9. The number of para-hydroxylation sites is 2. The molecule has 142 valence electrons. The van der Waals surface area contributed by atoms with Crippen molar-refractivity contribution in [2.75, 3.05) is 0 Å². The number of aryl methyl sites for hydroxylation is 2. The van der Waals surface area contributed by atoms with Gasteiger partial charge in [0.1, 0.15) is 6.10 Å². The summed E-state index contributed by atoms with van der Waals surface area (Å²) >= 11 is 0. The van der Waals surface area contributed by atoms with Crippen LogP contribution < -0.4 is 21.7 Å². The van der Waals surface area contributed by atoms with Gasteiger partial charge < -0.3 is 26.7 Å². The number of nitrogens with zero attached hydrogens (tertiary/aromatic N) is 3. The van der Waals surface area contributed by atoms with E-state index in [0.717, 1.165) is 6.54 Å². The number of aliphatic hydroxyl groups excluding tert-OH is 1. The summed E-state index contributed by atoms with van der Waals surface area (Å²) in [5.41, 5.74) is 4.77. The number of hydrogen-bond donors (Lipinski definition) is 1. The first-order chi connectivity index (χ1) is 12.6. The van der Waals surface area contributed by atoms with Crippen LogP contribution in [0.25, 0.3) is 21.8 Å². The van der Waals surface area contributed by atoms with E-state index in [9.17, 15) is 5.11 Å². The van der Waals surface area contributed by atoms with Gasteiger partial charge in [-0.25, -0.2) is 0 Å². The van der Waals surface area contributed by atoms with Gasteiger partial charge in [-0.3, -0.25) is 0 Å². The lowest BCUT2D eigenvalue weighted by Crippen LogP contribution is -3.00. The number of aliphatic hydroxyl groups is 1. The Labute approximate surface area is 170 Å². The quantitative estimate of drug-likeness (QED) is 0.464. The fraction of sp³-hybridized carbons (Fsp3) is 0.318. The first-order valence-electron chi connectivity index (χ1n) is 9.31. The largest absolute Gasteiger partial charge is 1.00 e. The Hall–Kier alpha value is -2.11. The molecule has 4 aromatic rings. The fourth-order valence-corrected chi connectivity index (χ4v) is 4.16. The van der Waals surface area contributed by atoms with Crippen LogP contribution in [0.3, 0.4) is 0 Å². The maximum Gasteiger partial charge on any atom is 0.205 e. The first-order valence-corrected chi connectivity index (χ1v) is 9.31. The molecule has 0 spiro atoms. The van der Waals surface area contributed by atoms with Gasteiger partial charge in [-0.2, -0.15) is 4.68 Å². The van der Waals surface area contributed by atoms with Crippen LogP contribution in [0.15, 0.2) is 54.6 Å². The highest BCUT2D eigenvalue weighted by Gasteiger charge is 2.22. The van der Waals surface area contributed by atoms with Gasteiger partial charge in [-0.15, -0.1) is 4.68 Å². The molecule has 2 heterocycles. The second-order valence-electron chi connectivity index (χ2n) is 7.02. The molecule has 2 aromatic heterocycles. The minimum absolute atomic E-state index is 0. The molecule has 1 unspecified atom stereocenters. The Morgan fingerprint density at radius 2 is 1.52 bits per heavy atom. The molecule has 0 radical (unpaired) electrons. The lowest BCUT2D eigenvalue weighted by atomic mass is 10.2. The SMILES string of the molecule is CCn1c(C)cc(C)[n+]1CC(O)Cn1c2ccccc2c2ccccc21.[Br-]. The highest BCUT2D eigenvalue weighted by Crippen LogP contribution is 2.28. The molecule has 0 saturated heterocycles. The molecular formula is C22H26BrN3O. The van der Waals surface area contributed by atoms with Crippen LogP contribution in [0.5, 0.6) is 0 Å². The molecule has 27 heavy (non-hydrogen) atoms. The third-order valence-electron chi connectivity index (χ3n) is 5.28. The van der Waals surface area contributed by atoms with Crippen molar-refractivity contribution in [2.45, 2.75) is 46.5 Å². The second-order valence-corrected chi connectivity index (χ2v) is 7.02. The summed E-state index contributed by atoms with van der Waals surface area (Å²) in [5, 5.41) is 13.4. The topological polar surface area (TPSA) is 34.0 Å². The third-order valence-corrected chi connectivity index (χ3v) is 5.28. The average Bonchev–Trinajstić information content (AvgIpc) is 3.10. The summed E-state index contributed by atoms with van der Waals surface area (Å²) in [6.07, 6.45) is -0.461. The first kappa shape index (κ1) is 19.6. The van der Waals surface area contributed by atoms with Crippen LogP contribution in [-0.2, 0) is 19.6 Å². The van der Waals surface area contributed by atoms with E-state index in [4.69, 9.17) is 0 Å². The Kier molecular flexibility index (Phi) is 5.72. The Balaban J connectivity index is 0.00000210. The van der Waals surface area contributed by atoms with E-state index in [2.05, 4.69) is 89.3 Å². The molecule has 1 N–H and O–H groups in total. The molecule has 1 atom stereocenters. The lowest BCUT2D eigenvalue weighted by molar-refractivity contribution is -0.785. The number of halogens is 1. The molecule has 5 heteroatoms. The summed E-state index contributed by atoms with van der Waals surface area (Å²) in [4.78, 5) is 0. The van der Waals surface area contributed by atoms with E-state index < -0.39 is 6.10 Å². The molecule has 0 aliphatic heterocycles. The Bertz CT molecular complexity index is 1030. The van der Waals surface area contributed by atoms with Crippen LogP contribution in [0.2, 0.25) is 0 Å². The van der Waals surface area contributed by atoms with Crippen molar-refractivity contribution in [3.05, 3.63) is 66.0 Å². The number of aromatic nitrogens is 3. The zero-order chi connectivity index (χ0) is 18.3. The molecule has 4 nitrogen and oxygen atoms in total. The predicted molar refractivity (Wildman–Crippen MR) is 105 cm³/mol. The van der Waals surface area contributed by atoms with Crippen molar-refractivity contribution >= 4 is 21.8 Å². The zero-order valence-corrected chi connectivity index (χ0v) is 17.6. The minimum atomic E-state index is -0.461. The summed E-state index contributed by atoms with van der Waals surface area (Å²) in [6, 6.07) is 19.0. The summed E-state index contributed by atoms with van der Waals surface area (Å²) < 4.78 is 6.66. The van der Waals surface area contributed by atoms with E-state index in [-0.39, 0.29) is 17.0 Å². The van der Waals surface area contributed by atoms with Crippen LogP contribution in [-0.4, -0.2) is 20.5 Å². The van der Waals surface area contributed by atoms with Gasteiger partial charge in [0.05, 0.1) is 18.8 Å². The van der Waals surface area contributed by atoms with Crippen molar-refractivity contribution in [1.82, 2.24) is 9.25 Å². The number of rotatable bonds is 5. The Morgan fingerprint density at radius 1 is 0.963 bits per heavy atom. The van der Waals surface area contributed by atoms with E-state index in [0.29, 0.717) is 13.1 Å². The van der Waals surface area contributed by atoms with Gasteiger partial charge in [0.15, 0.2) is 6.54 Å². The zero-order valence-electron chi connectivity index (χ0n) is 16.1. The van der Waals surface area contributed by atoms with Crippen molar-refractivity contribution in [3.63, 3.8) is 0 Å². The van der Waals surface area contributed by atoms with Crippen molar-refractivity contribution in [2.24, 2.45) is 0 Å². The molecule has 0 saturated carbocycles. The number of hydrogen-bond acceptors (Lipinski definition) is 1. The van der Waals surface area contributed by atoms with E-state index in [1.165, 1.54) is 33.2 Å². The van der Waals surface area contributed by atoms with Gasteiger partial charge in [-0.05, 0) is 26.0 Å². The predicted octanol–water partition coefficient (Wildman–Crippen LogP) is 0.585. The van der Waals surface area contributed by atoms with Crippen LogP contribution in [0, 0.1) is 13.8 Å². The van der Waals surface area contributed by atoms with Gasteiger partial charge in [-0.1, -0.05) is 36.4 Å². The summed E-state index contributed by atoms with van der Waals surface area (Å²) in [7, 11) is 0. The monoisotopic (exact) mass is 427 g/mol. The lowest BCUT2D eigenvalue weighted by Gasteiger charge is -2.13. The van der Waals surface area contributed by atoms with E-state index in [1.54, 1.807) is 0 Å². The smallest absolute Gasteiger partial charge is 0.205 e. The molecule has 0 amide bonds. The van der Waals surface area contributed by atoms with E-state index >= 15 is 0 Å². The van der Waals surface area contributed by atoms with Crippen LogP contribution in [0.4, 0.5) is 0 Å². The maximum absolute atomic E-state index is 10.9. The van der Waals surface area contributed by atoms with Gasteiger partial charge in [0.2, 0.25) is 5.69 Å². The normalized spacial score (nSPS) is 12.4. The standard InChI is InChI=1S/C22H26N3O.BrH/c1-4-24-16(2)13-17(3)25(24)15-18(26)14-23-21-11-7-5-9-19(21)20-10-6-8-12-22(20)23;/h5-13,18,26H,4,14-15H2,1-3H3;1H/q+1;/p-1. The van der Waals surface area contributed by atoms with Crippen molar-refractivity contribution < 1.29 is 26.8 Å². The van der Waals surface area contributed by atoms with Gasteiger partial charge >= 0.3 is 0 Å². The summed E-state index contributed by atoms with van der Waals surface area (Å²) in [5.74, 6) is 0. The average molecular weight is 428 g/mol. The maximum atomic E-state index is 10.9. The third kappa shape index (κ3) is 3.42. The van der Waals surface area contributed by atoms with Crippen LogP contribution >= 0.6 is 0 Å². The minimum Gasteiger partial charge on any atom is -1.00 e. The van der Waals surface area contributed by atoms with Gasteiger partial charge in [0.25, 0.3) is 0 Å². The van der Waals surface area contributed by atoms with Crippen molar-refractivity contribution in [1.29, 1.82) is 0 Å². The molecule has 0 aliphatic rings. The molecule has 0 bridgehead atoms. The number of benzene rings is 2. The molecule has 4 rings (SSSR count). The summed E-state index contributed by atoms with van der Waals surface area (Å²) in [6.45, 7) is 8.44. The van der Waals surface area contributed by atoms with Crippen molar-refractivity contribution in [3.8, 4) is 0 Å². The van der Waals surface area contributed by atoms with Crippen LogP contribution in [0.1, 0.15) is 18.3 Å². The molecule has 0 fully saturated rings. The van der Waals surface area contributed by atoms with E-state index in [1.807, 2.05) is 0 Å². The molecule has 0 aliphatic carbocycles. The Morgan fingerprint density at radius 3 is 2.07 bits per heavy atom. The number of fused-ring (bicyclic) bond motifs is 3. The fourth-order valence-electron chi connectivity index (χ4n) is 4.16. The highest BCUT2D eigenvalue weighted by molar-refractivity contribution is 6.07. The second kappa shape index (κ2) is 7.87.